The van der Waals surface area contributed by atoms with Gasteiger partial charge in [0, 0.05) is 28.6 Å². The summed E-state index contributed by atoms with van der Waals surface area (Å²) >= 11 is 6.05. The van der Waals surface area contributed by atoms with Gasteiger partial charge in [-0.2, -0.15) is 0 Å². The molecule has 5 heteroatoms. The molecule has 2 aliphatic rings. The molecule has 2 N–H and O–H groups in total. The van der Waals surface area contributed by atoms with E-state index in [0.717, 1.165) is 55.8 Å². The maximum atomic E-state index is 13.1. The minimum atomic E-state index is -0.198. The molecule has 0 spiro atoms. The number of piperidine rings is 1. The van der Waals surface area contributed by atoms with Gasteiger partial charge < -0.3 is 5.73 Å². The van der Waals surface area contributed by atoms with Gasteiger partial charge in [0.15, 0.2) is 5.78 Å². The van der Waals surface area contributed by atoms with Gasteiger partial charge in [0.05, 0.1) is 0 Å². The van der Waals surface area contributed by atoms with Gasteiger partial charge in [-0.05, 0) is 62.4 Å². The number of hydrogen-bond acceptors (Lipinski definition) is 3. The lowest BCUT2D eigenvalue weighted by atomic mass is 9.71. The number of halogens is 2. The number of ketones is 1. The fourth-order valence-electron chi connectivity index (χ4n) is 5.37. The van der Waals surface area contributed by atoms with Gasteiger partial charge in [-0.3, -0.25) is 9.69 Å². The lowest BCUT2D eigenvalue weighted by molar-refractivity contribution is 0.00876. The van der Waals surface area contributed by atoms with E-state index in [-0.39, 0.29) is 29.8 Å². The van der Waals surface area contributed by atoms with Gasteiger partial charge in [0.1, 0.15) is 0 Å². The summed E-state index contributed by atoms with van der Waals surface area (Å²) in [7, 11) is 0. The second-order valence-corrected chi connectivity index (χ2v) is 9.17. The Hall–Kier alpha value is -1.39. The molecule has 2 unspecified atom stereocenters. The second kappa shape index (κ2) is 10.3. The van der Waals surface area contributed by atoms with Crippen LogP contribution in [0.2, 0.25) is 5.02 Å². The molecule has 2 aromatic rings. The van der Waals surface area contributed by atoms with Crippen molar-refractivity contribution in [2.45, 2.75) is 62.4 Å². The van der Waals surface area contributed by atoms with Crippen LogP contribution in [0.15, 0.2) is 54.6 Å². The quantitative estimate of drug-likeness (QED) is 0.585. The molecule has 0 radical (unpaired) electrons. The van der Waals surface area contributed by atoms with E-state index in [0.29, 0.717) is 12.3 Å². The molecule has 2 aromatic carbocycles. The Balaban J connectivity index is 0.00000256. The van der Waals surface area contributed by atoms with Crippen molar-refractivity contribution in [3.05, 3.63) is 70.7 Å². The first-order valence-electron chi connectivity index (χ1n) is 10.9. The fraction of sp³-hybridized carbons (Fsp3) is 0.480. The Labute approximate surface area is 191 Å². The Morgan fingerprint density at radius 2 is 1.67 bits per heavy atom. The molecule has 30 heavy (non-hydrogen) atoms. The van der Waals surface area contributed by atoms with Crippen LogP contribution >= 0.6 is 24.0 Å². The van der Waals surface area contributed by atoms with Crippen molar-refractivity contribution in [3.8, 4) is 0 Å². The van der Waals surface area contributed by atoms with E-state index < -0.39 is 0 Å². The average Bonchev–Trinajstić information content (AvgIpc) is 2.77. The number of benzene rings is 2. The summed E-state index contributed by atoms with van der Waals surface area (Å²) in [6.45, 7) is 2.01. The Morgan fingerprint density at radius 1 is 1.00 bits per heavy atom. The van der Waals surface area contributed by atoms with Crippen molar-refractivity contribution in [1.82, 2.24) is 4.90 Å². The summed E-state index contributed by atoms with van der Waals surface area (Å²) in [5, 5.41) is 0.790. The number of nitrogens with two attached hydrogens (primary N) is 1. The first-order valence-corrected chi connectivity index (χ1v) is 11.3. The topological polar surface area (TPSA) is 46.3 Å². The molecular formula is C25H32Cl2N2O. The van der Waals surface area contributed by atoms with Crippen molar-refractivity contribution in [3.63, 3.8) is 0 Å². The number of carbonyl (C=O) groups excluding carboxylic acids is 1. The molecule has 2 atom stereocenters. The monoisotopic (exact) mass is 446 g/mol. The summed E-state index contributed by atoms with van der Waals surface area (Å²) in [5.74, 6) is 0.785. The first kappa shape index (κ1) is 23.3. The molecule has 0 amide bonds. The van der Waals surface area contributed by atoms with E-state index >= 15 is 0 Å². The van der Waals surface area contributed by atoms with E-state index in [2.05, 4.69) is 17.0 Å². The molecule has 1 saturated carbocycles. The van der Waals surface area contributed by atoms with Crippen molar-refractivity contribution < 1.29 is 4.79 Å². The third-order valence-electron chi connectivity index (χ3n) is 7.09. The van der Waals surface area contributed by atoms with Crippen molar-refractivity contribution in [1.29, 1.82) is 0 Å². The molecule has 1 aliphatic carbocycles. The van der Waals surface area contributed by atoms with Gasteiger partial charge in [0.2, 0.25) is 0 Å². The van der Waals surface area contributed by atoms with E-state index in [1.807, 2.05) is 42.5 Å². The number of carbonyl (C=O) groups is 1. The van der Waals surface area contributed by atoms with Crippen LogP contribution in [0, 0.1) is 0 Å². The fourth-order valence-corrected chi connectivity index (χ4v) is 5.50. The predicted octanol–water partition coefficient (Wildman–Crippen LogP) is 5.85. The van der Waals surface area contributed by atoms with Crippen LogP contribution in [-0.4, -0.2) is 35.4 Å². The minimum Gasteiger partial charge on any atom is -0.326 e. The molecule has 162 valence electrons. The zero-order chi connectivity index (χ0) is 20.3. The average molecular weight is 447 g/mol. The zero-order valence-electron chi connectivity index (χ0n) is 17.4. The van der Waals surface area contributed by atoms with Crippen LogP contribution < -0.4 is 5.73 Å². The van der Waals surface area contributed by atoms with Crippen LogP contribution in [0.25, 0.3) is 0 Å². The Morgan fingerprint density at radius 3 is 2.30 bits per heavy atom. The SMILES string of the molecule is Cl.NC1CCCCC1(CC(=O)c1ccccc1)N1CCC(c2ccc(Cl)cc2)CC1. The molecule has 4 rings (SSSR count). The highest BCUT2D eigenvalue weighted by Crippen LogP contribution is 2.40. The van der Waals surface area contributed by atoms with Gasteiger partial charge in [-0.25, -0.2) is 0 Å². The lowest BCUT2D eigenvalue weighted by Crippen LogP contribution is -2.63. The molecule has 2 fully saturated rings. The third-order valence-corrected chi connectivity index (χ3v) is 7.35. The van der Waals surface area contributed by atoms with E-state index in [1.54, 1.807) is 0 Å². The van der Waals surface area contributed by atoms with Crippen LogP contribution in [0.1, 0.15) is 66.8 Å². The largest absolute Gasteiger partial charge is 0.326 e. The zero-order valence-corrected chi connectivity index (χ0v) is 19.0. The van der Waals surface area contributed by atoms with Gasteiger partial charge >= 0.3 is 0 Å². The van der Waals surface area contributed by atoms with Gasteiger partial charge in [0.25, 0.3) is 0 Å². The summed E-state index contributed by atoms with van der Waals surface area (Å²) < 4.78 is 0. The molecule has 1 heterocycles. The molecule has 1 saturated heterocycles. The number of hydrogen-bond donors (Lipinski definition) is 1. The van der Waals surface area contributed by atoms with Crippen molar-refractivity contribution >= 4 is 29.8 Å². The van der Waals surface area contributed by atoms with Gasteiger partial charge in [-0.1, -0.05) is 66.9 Å². The number of likely N-dealkylation sites (tertiary alicyclic amines) is 1. The third kappa shape index (κ3) is 4.91. The highest BCUT2D eigenvalue weighted by molar-refractivity contribution is 6.30. The summed E-state index contributed by atoms with van der Waals surface area (Å²) in [4.78, 5) is 15.7. The smallest absolute Gasteiger partial charge is 0.164 e. The van der Waals surface area contributed by atoms with Crippen LogP contribution in [0.4, 0.5) is 0 Å². The Kier molecular flexibility index (Phi) is 7.98. The molecule has 1 aliphatic heterocycles. The maximum absolute atomic E-state index is 13.1. The molecule has 0 aromatic heterocycles. The summed E-state index contributed by atoms with van der Waals surface area (Å²) in [6.07, 6.45) is 7.11. The first-order chi connectivity index (χ1) is 14.1. The summed E-state index contributed by atoms with van der Waals surface area (Å²) in [6, 6.07) is 18.1. The second-order valence-electron chi connectivity index (χ2n) is 8.73. The minimum absolute atomic E-state index is 0. The van der Waals surface area contributed by atoms with Crippen LogP contribution in [0.5, 0.6) is 0 Å². The molecular weight excluding hydrogens is 415 g/mol. The van der Waals surface area contributed by atoms with Gasteiger partial charge in [-0.15, -0.1) is 12.4 Å². The summed E-state index contributed by atoms with van der Waals surface area (Å²) in [5.41, 5.74) is 8.70. The van der Waals surface area contributed by atoms with E-state index in [9.17, 15) is 4.79 Å². The van der Waals surface area contributed by atoms with Crippen LogP contribution in [0.3, 0.4) is 0 Å². The standard InChI is InChI=1S/C25H31ClN2O.ClH/c26-22-11-9-19(10-12-22)20-13-16-28(17-14-20)25(15-5-4-8-24(25)27)18-23(29)21-6-2-1-3-7-21;/h1-3,6-7,9-12,20,24H,4-5,8,13-18,27H2;1H. The maximum Gasteiger partial charge on any atom is 0.164 e. The van der Waals surface area contributed by atoms with Crippen molar-refractivity contribution in [2.75, 3.05) is 13.1 Å². The number of Topliss-reactive ketones (excluding diaryl/α,β-unsaturated/α-hetero) is 1. The molecule has 3 nitrogen and oxygen atoms in total. The highest BCUT2D eigenvalue weighted by atomic mass is 35.5. The normalized spacial score (nSPS) is 25.5. The predicted molar refractivity (Wildman–Crippen MR) is 127 cm³/mol. The molecule has 0 bridgehead atoms. The van der Waals surface area contributed by atoms with E-state index in [4.69, 9.17) is 17.3 Å². The number of nitrogens with zero attached hydrogens (tertiary/aromatic N) is 1. The number of rotatable bonds is 5. The van der Waals surface area contributed by atoms with Crippen molar-refractivity contribution in [2.24, 2.45) is 5.73 Å². The Bertz CT molecular complexity index is 819. The lowest BCUT2D eigenvalue weighted by Gasteiger charge is -2.52. The highest BCUT2D eigenvalue weighted by Gasteiger charge is 2.46. The van der Waals surface area contributed by atoms with Crippen LogP contribution in [-0.2, 0) is 0 Å². The van der Waals surface area contributed by atoms with E-state index in [1.165, 1.54) is 12.0 Å².